The smallest absolute Gasteiger partial charge is 0.261 e. The third kappa shape index (κ3) is 3.62. The van der Waals surface area contributed by atoms with Crippen molar-refractivity contribution in [2.75, 3.05) is 0 Å². The van der Waals surface area contributed by atoms with Crippen LogP contribution in [-0.4, -0.2) is 20.2 Å². The average molecular weight is 299 g/mol. The molecule has 0 radical (unpaired) electrons. The van der Waals surface area contributed by atoms with Gasteiger partial charge in [0.2, 0.25) is 5.78 Å². The largest absolute Gasteiger partial charge is 0.290 e. The molecule has 0 aliphatic carbocycles. The monoisotopic (exact) mass is 298 g/mol. The standard InChI is InChI=1S/2C4H4ClNOS/c1-6-4(7)2-3(5)8-6;1-2-3(7)4(5)6-8-2/h2*2H,1H3. The van der Waals surface area contributed by atoms with Crippen LogP contribution in [0.5, 0.6) is 0 Å². The molecule has 88 valence electrons. The Kier molecular flexibility index (Phi) is 5.04. The van der Waals surface area contributed by atoms with Crippen LogP contribution < -0.4 is 5.56 Å². The molecule has 0 spiro atoms. The van der Waals surface area contributed by atoms with Crippen molar-refractivity contribution in [3.63, 3.8) is 0 Å². The molecule has 0 saturated carbocycles. The van der Waals surface area contributed by atoms with Gasteiger partial charge in [0.05, 0.1) is 5.25 Å². The quantitative estimate of drug-likeness (QED) is 0.691. The van der Waals surface area contributed by atoms with E-state index < -0.39 is 0 Å². The highest BCUT2D eigenvalue weighted by Gasteiger charge is 2.24. The summed E-state index contributed by atoms with van der Waals surface area (Å²) in [4.78, 5) is 21.2. The number of aromatic nitrogens is 1. The van der Waals surface area contributed by atoms with Crippen LogP contribution in [0.25, 0.3) is 0 Å². The van der Waals surface area contributed by atoms with E-state index in [1.807, 2.05) is 0 Å². The molecule has 8 heteroatoms. The fourth-order valence-corrected chi connectivity index (χ4v) is 2.63. The van der Waals surface area contributed by atoms with E-state index in [0.29, 0.717) is 4.34 Å². The molecular weight excluding hydrogens is 291 g/mol. The summed E-state index contributed by atoms with van der Waals surface area (Å²) < 4.78 is 5.66. The maximum absolute atomic E-state index is 10.6. The molecule has 1 aromatic heterocycles. The van der Waals surface area contributed by atoms with Crippen molar-refractivity contribution < 1.29 is 4.79 Å². The number of hydrogen-bond acceptors (Lipinski definition) is 5. The van der Waals surface area contributed by atoms with E-state index >= 15 is 0 Å². The molecule has 4 nitrogen and oxygen atoms in total. The normalized spacial score (nSPS) is 19.1. The van der Waals surface area contributed by atoms with Crippen LogP contribution in [-0.2, 0) is 11.8 Å². The average Bonchev–Trinajstić information content (AvgIpc) is 2.65. The lowest BCUT2D eigenvalue weighted by molar-refractivity contribution is -0.111. The summed E-state index contributed by atoms with van der Waals surface area (Å²) in [5.41, 5.74) is -0.0417. The summed E-state index contributed by atoms with van der Waals surface area (Å²) in [6.45, 7) is 1.78. The Morgan fingerprint density at radius 3 is 2.19 bits per heavy atom. The number of aryl methyl sites for hydroxylation is 1. The van der Waals surface area contributed by atoms with Gasteiger partial charge in [-0.25, -0.2) is 0 Å². The summed E-state index contributed by atoms with van der Waals surface area (Å²) in [5, 5.41) is 0.0602. The predicted octanol–water partition coefficient (Wildman–Crippen LogP) is 2.34. The van der Waals surface area contributed by atoms with Gasteiger partial charge in [0.15, 0.2) is 5.17 Å². The molecule has 1 aliphatic heterocycles. The fraction of sp³-hybridized carbons (Fsp3) is 0.375. The lowest BCUT2D eigenvalue weighted by Gasteiger charge is -1.89. The molecule has 0 fully saturated rings. The molecule has 1 unspecified atom stereocenters. The second-order valence-electron chi connectivity index (χ2n) is 2.87. The second kappa shape index (κ2) is 5.86. The van der Waals surface area contributed by atoms with Gasteiger partial charge < -0.3 is 0 Å². The summed E-state index contributed by atoms with van der Waals surface area (Å²) in [6.07, 6.45) is 0. The van der Waals surface area contributed by atoms with E-state index in [9.17, 15) is 9.59 Å². The summed E-state index contributed by atoms with van der Waals surface area (Å²) in [5.74, 6) is -0.0586. The number of carbonyl (C=O) groups excluding carboxylic acids is 1. The molecule has 0 N–H and O–H groups in total. The van der Waals surface area contributed by atoms with Crippen LogP contribution in [0.4, 0.5) is 0 Å². The molecule has 2 rings (SSSR count). The van der Waals surface area contributed by atoms with Gasteiger partial charge >= 0.3 is 0 Å². The number of Topliss-reactive ketones (excluding diaryl/α,β-unsaturated/α-hetero) is 1. The highest BCUT2D eigenvalue weighted by Crippen LogP contribution is 2.22. The zero-order chi connectivity index (χ0) is 12.3. The lowest BCUT2D eigenvalue weighted by atomic mass is 10.3. The highest BCUT2D eigenvalue weighted by molar-refractivity contribution is 8.00. The molecule has 0 aromatic carbocycles. The van der Waals surface area contributed by atoms with Gasteiger partial charge in [-0.15, -0.1) is 0 Å². The first-order valence-electron chi connectivity index (χ1n) is 4.18. The molecular formula is C8H8Cl2N2O2S2. The lowest BCUT2D eigenvalue weighted by Crippen LogP contribution is -2.12. The Morgan fingerprint density at radius 1 is 1.44 bits per heavy atom. The number of halogens is 2. The van der Waals surface area contributed by atoms with Gasteiger partial charge in [-0.2, -0.15) is 4.40 Å². The third-order valence-corrected chi connectivity index (χ3v) is 3.89. The number of hydrogen-bond donors (Lipinski definition) is 0. The number of rotatable bonds is 0. The Hall–Kier alpha value is -0.300. The Balaban J connectivity index is 0.000000160. The van der Waals surface area contributed by atoms with E-state index in [2.05, 4.69) is 4.40 Å². The number of carbonyl (C=O) groups is 1. The summed E-state index contributed by atoms with van der Waals surface area (Å²) >= 11 is 13.3. The minimum atomic E-state index is -0.0671. The Labute approximate surface area is 111 Å². The molecule has 1 aromatic rings. The maximum Gasteiger partial charge on any atom is 0.261 e. The zero-order valence-electron chi connectivity index (χ0n) is 8.44. The highest BCUT2D eigenvalue weighted by atomic mass is 35.5. The van der Waals surface area contributed by atoms with Crippen molar-refractivity contribution in [3.8, 4) is 0 Å². The fourth-order valence-electron chi connectivity index (χ4n) is 0.776. The van der Waals surface area contributed by atoms with E-state index in [1.165, 1.54) is 33.5 Å². The first-order valence-corrected chi connectivity index (χ1v) is 6.54. The van der Waals surface area contributed by atoms with Gasteiger partial charge in [0.1, 0.15) is 4.34 Å². The van der Waals surface area contributed by atoms with E-state index in [0.717, 1.165) is 0 Å². The van der Waals surface area contributed by atoms with Crippen molar-refractivity contribution in [2.24, 2.45) is 11.4 Å². The van der Waals surface area contributed by atoms with Crippen molar-refractivity contribution in [3.05, 3.63) is 20.8 Å². The van der Waals surface area contributed by atoms with Gasteiger partial charge in [-0.05, 0) is 30.4 Å². The Bertz CT molecular complexity index is 481. The maximum atomic E-state index is 10.6. The molecule has 0 saturated heterocycles. The molecule has 0 amide bonds. The van der Waals surface area contributed by atoms with Gasteiger partial charge in [0.25, 0.3) is 5.56 Å². The third-order valence-electron chi connectivity index (χ3n) is 1.63. The minimum Gasteiger partial charge on any atom is -0.290 e. The Morgan fingerprint density at radius 2 is 2.06 bits per heavy atom. The van der Waals surface area contributed by atoms with E-state index in [-0.39, 0.29) is 21.8 Å². The van der Waals surface area contributed by atoms with Crippen molar-refractivity contribution in [1.82, 2.24) is 3.96 Å². The minimum absolute atomic E-state index is 0.0417. The van der Waals surface area contributed by atoms with Crippen LogP contribution in [0.2, 0.25) is 4.34 Å². The topological polar surface area (TPSA) is 51.4 Å². The van der Waals surface area contributed by atoms with Crippen LogP contribution >= 0.6 is 46.7 Å². The number of ketones is 1. The van der Waals surface area contributed by atoms with Crippen LogP contribution in [0.15, 0.2) is 15.3 Å². The van der Waals surface area contributed by atoms with Crippen molar-refractivity contribution in [2.45, 2.75) is 12.2 Å². The van der Waals surface area contributed by atoms with E-state index in [4.69, 9.17) is 23.2 Å². The molecule has 1 atom stereocenters. The van der Waals surface area contributed by atoms with Gasteiger partial charge in [0, 0.05) is 13.1 Å². The first kappa shape index (κ1) is 13.8. The molecule has 2 heterocycles. The summed E-state index contributed by atoms with van der Waals surface area (Å²) in [6, 6.07) is 1.40. The first-order chi connectivity index (χ1) is 7.41. The van der Waals surface area contributed by atoms with Gasteiger partial charge in [-0.1, -0.05) is 23.2 Å². The van der Waals surface area contributed by atoms with E-state index in [1.54, 1.807) is 14.0 Å². The second-order valence-corrected chi connectivity index (χ2v) is 6.13. The van der Waals surface area contributed by atoms with Crippen molar-refractivity contribution >= 4 is 57.6 Å². The van der Waals surface area contributed by atoms with Crippen LogP contribution in [0.1, 0.15) is 6.92 Å². The SMILES string of the molecule is CC1SN=C(Cl)C1=O.Cn1sc(Cl)cc1=O. The number of nitrogens with zero attached hydrogens (tertiary/aromatic N) is 2. The zero-order valence-corrected chi connectivity index (χ0v) is 11.6. The summed E-state index contributed by atoms with van der Waals surface area (Å²) in [7, 11) is 1.68. The van der Waals surface area contributed by atoms with Crippen molar-refractivity contribution in [1.29, 1.82) is 0 Å². The molecule has 16 heavy (non-hydrogen) atoms. The predicted molar refractivity (Wildman–Crippen MR) is 69.9 cm³/mol. The molecule has 1 aliphatic rings. The van der Waals surface area contributed by atoms with Crippen LogP contribution in [0.3, 0.4) is 0 Å². The van der Waals surface area contributed by atoms with Crippen LogP contribution in [0, 0.1) is 0 Å². The van der Waals surface area contributed by atoms with Gasteiger partial charge in [-0.3, -0.25) is 13.5 Å². The molecule has 0 bridgehead atoms.